The maximum Gasteiger partial charge on any atom is 0.326 e. The van der Waals surface area contributed by atoms with Gasteiger partial charge in [0, 0.05) is 6.92 Å². The van der Waals surface area contributed by atoms with Gasteiger partial charge in [-0.3, -0.25) is 9.59 Å². The van der Waals surface area contributed by atoms with Crippen LogP contribution in [0.4, 0.5) is 0 Å². The lowest BCUT2D eigenvalue weighted by Crippen LogP contribution is -2.53. The summed E-state index contributed by atoms with van der Waals surface area (Å²) >= 11 is 0. The summed E-state index contributed by atoms with van der Waals surface area (Å²) in [7, 11) is 0. The smallest absolute Gasteiger partial charge is 0.326 e. The Morgan fingerprint density at radius 2 is 1.90 bits per heavy atom. The lowest BCUT2D eigenvalue weighted by molar-refractivity contribution is -0.142. The molecule has 0 aromatic rings. The van der Waals surface area contributed by atoms with Crippen molar-refractivity contribution in [3.8, 4) is 0 Å². The summed E-state index contributed by atoms with van der Waals surface area (Å²) in [5.74, 6) is -1.67. The van der Waals surface area contributed by atoms with Crippen molar-refractivity contribution in [2.45, 2.75) is 57.5 Å². The molecule has 0 heterocycles. The molecule has 0 aromatic heterocycles. The fraction of sp³-hybridized carbons (Fsp3) is 0.667. The summed E-state index contributed by atoms with van der Waals surface area (Å²) in [5.41, 5.74) is 0. The third kappa shape index (κ3) is 5.57. The second-order valence-corrected chi connectivity index (χ2v) is 5.49. The van der Waals surface area contributed by atoms with E-state index < -0.39 is 24.0 Å². The van der Waals surface area contributed by atoms with Crippen molar-refractivity contribution in [1.29, 1.82) is 0 Å². The first kappa shape index (κ1) is 17.2. The van der Waals surface area contributed by atoms with Gasteiger partial charge in [-0.15, -0.1) is 6.58 Å². The van der Waals surface area contributed by atoms with Crippen LogP contribution in [-0.4, -0.2) is 35.0 Å². The number of carboxylic acids is 1. The van der Waals surface area contributed by atoms with E-state index in [4.69, 9.17) is 5.11 Å². The van der Waals surface area contributed by atoms with Gasteiger partial charge < -0.3 is 15.7 Å². The van der Waals surface area contributed by atoms with E-state index in [0.717, 1.165) is 25.7 Å². The first-order valence-electron chi connectivity index (χ1n) is 7.37. The predicted molar refractivity (Wildman–Crippen MR) is 78.6 cm³/mol. The summed E-state index contributed by atoms with van der Waals surface area (Å²) < 4.78 is 0. The Labute approximate surface area is 125 Å². The Morgan fingerprint density at radius 3 is 2.38 bits per heavy atom. The van der Waals surface area contributed by atoms with E-state index >= 15 is 0 Å². The van der Waals surface area contributed by atoms with Gasteiger partial charge in [0.1, 0.15) is 12.1 Å². The third-order valence-corrected chi connectivity index (χ3v) is 3.79. The van der Waals surface area contributed by atoms with Crippen molar-refractivity contribution in [2.75, 3.05) is 0 Å². The lowest BCUT2D eigenvalue weighted by Gasteiger charge is -2.25. The van der Waals surface area contributed by atoms with Gasteiger partial charge in [0.05, 0.1) is 0 Å². The van der Waals surface area contributed by atoms with E-state index in [1.807, 2.05) is 0 Å². The summed E-state index contributed by atoms with van der Waals surface area (Å²) in [5, 5.41) is 14.3. The molecular formula is C15H24N2O4. The van der Waals surface area contributed by atoms with Crippen LogP contribution in [0.15, 0.2) is 12.7 Å². The maximum atomic E-state index is 12.3. The van der Waals surface area contributed by atoms with E-state index in [-0.39, 0.29) is 11.8 Å². The number of nitrogens with one attached hydrogen (secondary N) is 2. The molecule has 0 saturated heterocycles. The largest absolute Gasteiger partial charge is 0.480 e. The molecule has 118 valence electrons. The number of carbonyl (C=O) groups is 3. The number of allylic oxidation sites excluding steroid dienone is 1. The molecule has 1 rings (SSSR count). The SMILES string of the molecule is C=CCCC(NC(=O)C(NC(C)=O)C1CCCC1)C(=O)O. The molecule has 0 aliphatic heterocycles. The van der Waals surface area contributed by atoms with Crippen LogP contribution < -0.4 is 10.6 Å². The molecule has 2 atom stereocenters. The van der Waals surface area contributed by atoms with Crippen LogP contribution >= 0.6 is 0 Å². The van der Waals surface area contributed by atoms with Crippen LogP contribution in [0.3, 0.4) is 0 Å². The Morgan fingerprint density at radius 1 is 1.29 bits per heavy atom. The summed E-state index contributed by atoms with van der Waals surface area (Å²) in [6.45, 7) is 4.91. The molecule has 0 bridgehead atoms. The van der Waals surface area contributed by atoms with Gasteiger partial charge in [0.2, 0.25) is 11.8 Å². The highest BCUT2D eigenvalue weighted by atomic mass is 16.4. The zero-order chi connectivity index (χ0) is 15.8. The molecule has 1 aliphatic carbocycles. The monoisotopic (exact) mass is 296 g/mol. The average Bonchev–Trinajstić information content (AvgIpc) is 2.93. The molecular weight excluding hydrogens is 272 g/mol. The van der Waals surface area contributed by atoms with Gasteiger partial charge in [0.25, 0.3) is 0 Å². The fourth-order valence-electron chi connectivity index (χ4n) is 2.71. The first-order valence-corrected chi connectivity index (χ1v) is 7.37. The summed E-state index contributed by atoms with van der Waals surface area (Å²) in [6.07, 6.45) is 6.24. The van der Waals surface area contributed by atoms with Gasteiger partial charge in [-0.25, -0.2) is 4.79 Å². The highest BCUT2D eigenvalue weighted by molar-refractivity contribution is 5.90. The zero-order valence-corrected chi connectivity index (χ0v) is 12.4. The normalized spacial score (nSPS) is 17.8. The van der Waals surface area contributed by atoms with Gasteiger partial charge >= 0.3 is 5.97 Å². The molecule has 2 unspecified atom stereocenters. The van der Waals surface area contributed by atoms with Gasteiger partial charge in [-0.1, -0.05) is 18.9 Å². The second-order valence-electron chi connectivity index (χ2n) is 5.49. The van der Waals surface area contributed by atoms with Crippen LogP contribution in [0.1, 0.15) is 45.4 Å². The van der Waals surface area contributed by atoms with E-state index in [9.17, 15) is 14.4 Å². The van der Waals surface area contributed by atoms with Crippen LogP contribution in [0, 0.1) is 5.92 Å². The van der Waals surface area contributed by atoms with Gasteiger partial charge in [0.15, 0.2) is 0 Å². The maximum absolute atomic E-state index is 12.3. The average molecular weight is 296 g/mol. The molecule has 1 fully saturated rings. The van der Waals surface area contributed by atoms with E-state index in [1.54, 1.807) is 6.08 Å². The molecule has 2 amide bonds. The third-order valence-electron chi connectivity index (χ3n) is 3.79. The summed E-state index contributed by atoms with van der Waals surface area (Å²) in [4.78, 5) is 34.8. The van der Waals surface area contributed by atoms with Crippen LogP contribution in [-0.2, 0) is 14.4 Å². The number of amides is 2. The number of hydrogen-bond donors (Lipinski definition) is 3. The van der Waals surface area contributed by atoms with E-state index in [1.165, 1.54) is 6.92 Å². The molecule has 0 aromatic carbocycles. The Kier molecular flexibility index (Phi) is 6.91. The number of rotatable bonds is 8. The van der Waals surface area contributed by atoms with Gasteiger partial charge in [-0.2, -0.15) is 0 Å². The Hall–Kier alpha value is -1.85. The van der Waals surface area contributed by atoms with Crippen molar-refractivity contribution in [3.05, 3.63) is 12.7 Å². The quantitative estimate of drug-likeness (QED) is 0.587. The van der Waals surface area contributed by atoms with Crippen LogP contribution in [0.25, 0.3) is 0 Å². The molecule has 0 radical (unpaired) electrons. The van der Waals surface area contributed by atoms with Crippen LogP contribution in [0.5, 0.6) is 0 Å². The Bertz CT molecular complexity index is 402. The van der Waals surface area contributed by atoms with Gasteiger partial charge in [-0.05, 0) is 31.6 Å². The number of aliphatic carboxylic acids is 1. The number of carboxylic acid groups (broad SMARTS) is 1. The molecule has 6 heteroatoms. The van der Waals surface area contributed by atoms with Crippen molar-refractivity contribution in [3.63, 3.8) is 0 Å². The standard InChI is InChI=1S/C15H24N2O4/c1-3-4-9-12(15(20)21)17-14(19)13(16-10(2)18)11-7-5-6-8-11/h3,11-13H,1,4-9H2,2H3,(H,16,18)(H,17,19)(H,20,21). The highest BCUT2D eigenvalue weighted by Gasteiger charge is 2.33. The van der Waals surface area contributed by atoms with E-state index in [0.29, 0.717) is 12.8 Å². The fourth-order valence-corrected chi connectivity index (χ4v) is 2.71. The van der Waals surface area contributed by atoms with Crippen molar-refractivity contribution >= 4 is 17.8 Å². The molecule has 6 nitrogen and oxygen atoms in total. The minimum absolute atomic E-state index is 0.0859. The molecule has 1 saturated carbocycles. The van der Waals surface area contributed by atoms with E-state index in [2.05, 4.69) is 17.2 Å². The summed E-state index contributed by atoms with van der Waals surface area (Å²) in [6, 6.07) is -1.59. The lowest BCUT2D eigenvalue weighted by atomic mass is 9.96. The topological polar surface area (TPSA) is 95.5 Å². The molecule has 21 heavy (non-hydrogen) atoms. The van der Waals surface area contributed by atoms with Crippen LogP contribution in [0.2, 0.25) is 0 Å². The Balaban J connectivity index is 2.70. The highest BCUT2D eigenvalue weighted by Crippen LogP contribution is 2.28. The molecule has 0 spiro atoms. The minimum Gasteiger partial charge on any atom is -0.480 e. The first-order chi connectivity index (χ1) is 9.95. The molecule has 1 aliphatic rings. The predicted octanol–water partition coefficient (Wildman–Crippen LogP) is 1.22. The molecule has 3 N–H and O–H groups in total. The van der Waals surface area contributed by atoms with Crippen molar-refractivity contribution < 1.29 is 19.5 Å². The number of hydrogen-bond acceptors (Lipinski definition) is 3. The number of carbonyl (C=O) groups excluding carboxylic acids is 2. The minimum atomic E-state index is -1.07. The van der Waals surface area contributed by atoms with Crippen molar-refractivity contribution in [2.24, 2.45) is 5.92 Å². The zero-order valence-electron chi connectivity index (χ0n) is 12.4. The van der Waals surface area contributed by atoms with Crippen molar-refractivity contribution in [1.82, 2.24) is 10.6 Å². The second kappa shape index (κ2) is 8.44.